The summed E-state index contributed by atoms with van der Waals surface area (Å²) in [4.78, 5) is 15.0. The molecule has 0 aliphatic carbocycles. The van der Waals surface area contributed by atoms with Gasteiger partial charge in [-0.1, -0.05) is 42.5 Å². The summed E-state index contributed by atoms with van der Waals surface area (Å²) in [6, 6.07) is 17.9. The molecule has 0 saturated heterocycles. The monoisotopic (exact) mass is 408 g/mol. The van der Waals surface area contributed by atoms with Crippen LogP contribution in [0.1, 0.15) is 22.0 Å². The SMILES string of the molecule is COc1cc(C(=O)NCC(c2cccc3ccccc23)N(C)C)cc(OC)c1OC. The van der Waals surface area contributed by atoms with E-state index in [1.54, 1.807) is 12.1 Å². The summed E-state index contributed by atoms with van der Waals surface area (Å²) in [5.74, 6) is 1.14. The number of carbonyl (C=O) groups is 1. The van der Waals surface area contributed by atoms with E-state index in [1.165, 1.54) is 37.7 Å². The quantitative estimate of drug-likeness (QED) is 0.613. The fourth-order valence-electron chi connectivity index (χ4n) is 3.62. The van der Waals surface area contributed by atoms with Gasteiger partial charge >= 0.3 is 0 Å². The lowest BCUT2D eigenvalue weighted by atomic mass is 9.98. The van der Waals surface area contributed by atoms with Crippen molar-refractivity contribution in [1.29, 1.82) is 0 Å². The molecule has 0 radical (unpaired) electrons. The Morgan fingerprint density at radius 1 is 0.933 bits per heavy atom. The van der Waals surface area contributed by atoms with E-state index in [0.29, 0.717) is 29.4 Å². The van der Waals surface area contributed by atoms with Crippen molar-refractivity contribution in [1.82, 2.24) is 10.2 Å². The van der Waals surface area contributed by atoms with Gasteiger partial charge in [0.05, 0.1) is 27.4 Å². The molecule has 6 nitrogen and oxygen atoms in total. The molecule has 158 valence electrons. The Kier molecular flexibility index (Phi) is 6.79. The van der Waals surface area contributed by atoms with Crippen LogP contribution in [0.3, 0.4) is 0 Å². The minimum atomic E-state index is -0.207. The van der Waals surface area contributed by atoms with E-state index < -0.39 is 0 Å². The normalized spacial score (nSPS) is 11.9. The molecule has 30 heavy (non-hydrogen) atoms. The molecule has 0 spiro atoms. The van der Waals surface area contributed by atoms with E-state index in [2.05, 4.69) is 40.5 Å². The Morgan fingerprint density at radius 2 is 1.57 bits per heavy atom. The molecule has 6 heteroatoms. The molecule has 0 aliphatic heterocycles. The van der Waals surface area contributed by atoms with Gasteiger partial charge in [0.15, 0.2) is 11.5 Å². The van der Waals surface area contributed by atoms with Gasteiger partial charge in [-0.25, -0.2) is 0 Å². The maximum atomic E-state index is 12.9. The second-order valence-electron chi connectivity index (χ2n) is 7.17. The molecule has 1 N–H and O–H groups in total. The smallest absolute Gasteiger partial charge is 0.251 e. The highest BCUT2D eigenvalue weighted by molar-refractivity contribution is 5.95. The van der Waals surface area contributed by atoms with Crippen LogP contribution in [-0.4, -0.2) is 52.8 Å². The van der Waals surface area contributed by atoms with Crippen LogP contribution in [0.2, 0.25) is 0 Å². The lowest BCUT2D eigenvalue weighted by molar-refractivity contribution is 0.0941. The first-order valence-electron chi connectivity index (χ1n) is 9.72. The molecular formula is C24H28N2O4. The van der Waals surface area contributed by atoms with Crippen LogP contribution >= 0.6 is 0 Å². The van der Waals surface area contributed by atoms with Gasteiger partial charge in [0.2, 0.25) is 5.75 Å². The van der Waals surface area contributed by atoms with Crippen molar-refractivity contribution >= 4 is 16.7 Å². The van der Waals surface area contributed by atoms with Crippen LogP contribution in [0, 0.1) is 0 Å². The van der Waals surface area contributed by atoms with Crippen molar-refractivity contribution < 1.29 is 19.0 Å². The summed E-state index contributed by atoms with van der Waals surface area (Å²) in [6.07, 6.45) is 0. The predicted octanol–water partition coefficient (Wildman–Crippen LogP) is 3.90. The first kappa shape index (κ1) is 21.5. The maximum Gasteiger partial charge on any atom is 0.251 e. The Hall–Kier alpha value is -3.25. The minimum Gasteiger partial charge on any atom is -0.493 e. The summed E-state index contributed by atoms with van der Waals surface area (Å²) in [5, 5.41) is 5.41. The molecule has 0 bridgehead atoms. The number of hydrogen-bond donors (Lipinski definition) is 1. The minimum absolute atomic E-state index is 0.0158. The van der Waals surface area contributed by atoms with E-state index in [1.807, 2.05) is 26.2 Å². The second-order valence-corrected chi connectivity index (χ2v) is 7.17. The molecule has 1 atom stereocenters. The highest BCUT2D eigenvalue weighted by atomic mass is 16.5. The van der Waals surface area contributed by atoms with Gasteiger partial charge in [-0.15, -0.1) is 0 Å². The van der Waals surface area contributed by atoms with Crippen LogP contribution in [0.15, 0.2) is 54.6 Å². The highest BCUT2D eigenvalue weighted by Crippen LogP contribution is 2.38. The van der Waals surface area contributed by atoms with E-state index in [4.69, 9.17) is 14.2 Å². The Morgan fingerprint density at radius 3 is 2.17 bits per heavy atom. The van der Waals surface area contributed by atoms with Crippen molar-refractivity contribution in [2.75, 3.05) is 42.0 Å². The van der Waals surface area contributed by atoms with Crippen LogP contribution in [-0.2, 0) is 0 Å². The molecule has 3 rings (SSSR count). The maximum absolute atomic E-state index is 12.9. The first-order chi connectivity index (χ1) is 14.5. The van der Waals surface area contributed by atoms with Crippen LogP contribution in [0.4, 0.5) is 0 Å². The molecule has 0 fully saturated rings. The molecule has 0 aliphatic rings. The number of fused-ring (bicyclic) bond motifs is 1. The Bertz CT molecular complexity index is 1000. The molecule has 0 aromatic heterocycles. The number of methoxy groups -OCH3 is 3. The van der Waals surface area contributed by atoms with Gasteiger partial charge in [0, 0.05) is 12.1 Å². The molecule has 0 heterocycles. The average molecular weight is 408 g/mol. The number of amides is 1. The number of rotatable bonds is 8. The topological polar surface area (TPSA) is 60.0 Å². The summed E-state index contributed by atoms with van der Waals surface area (Å²) in [7, 11) is 8.62. The molecule has 0 saturated carbocycles. The largest absolute Gasteiger partial charge is 0.493 e. The van der Waals surface area contributed by atoms with E-state index in [0.717, 1.165) is 0 Å². The van der Waals surface area contributed by atoms with Crippen LogP contribution in [0.25, 0.3) is 10.8 Å². The van der Waals surface area contributed by atoms with Crippen LogP contribution < -0.4 is 19.5 Å². The predicted molar refractivity (Wildman–Crippen MR) is 119 cm³/mol. The number of likely N-dealkylation sites (N-methyl/N-ethyl adjacent to an activating group) is 1. The summed E-state index contributed by atoms with van der Waals surface area (Å²) >= 11 is 0. The lowest BCUT2D eigenvalue weighted by Gasteiger charge is -2.26. The summed E-state index contributed by atoms with van der Waals surface area (Å²) in [6.45, 7) is 0.455. The Labute approximate surface area is 177 Å². The zero-order chi connectivity index (χ0) is 21.7. The van der Waals surface area contributed by atoms with E-state index >= 15 is 0 Å². The lowest BCUT2D eigenvalue weighted by Crippen LogP contribution is -2.34. The molecule has 3 aromatic carbocycles. The van der Waals surface area contributed by atoms with Gasteiger partial charge in [0.25, 0.3) is 5.91 Å². The number of benzene rings is 3. The Balaban J connectivity index is 1.86. The van der Waals surface area contributed by atoms with Crippen molar-refractivity contribution in [3.8, 4) is 17.2 Å². The number of carbonyl (C=O) groups excluding carboxylic acids is 1. The molecular weight excluding hydrogens is 380 g/mol. The third-order valence-electron chi connectivity index (χ3n) is 5.19. The zero-order valence-electron chi connectivity index (χ0n) is 18.1. The van der Waals surface area contributed by atoms with Gasteiger partial charge in [-0.2, -0.15) is 0 Å². The van der Waals surface area contributed by atoms with Gasteiger partial charge < -0.3 is 24.4 Å². The average Bonchev–Trinajstić information content (AvgIpc) is 2.77. The third-order valence-corrected chi connectivity index (χ3v) is 5.19. The standard InChI is InChI=1S/C24H28N2O4/c1-26(2)20(19-12-8-10-16-9-6-7-11-18(16)19)15-25-24(27)17-13-21(28-3)23(30-5)22(14-17)29-4/h6-14,20H,15H2,1-5H3,(H,25,27). The zero-order valence-corrected chi connectivity index (χ0v) is 18.1. The van der Waals surface area contributed by atoms with Crippen LogP contribution in [0.5, 0.6) is 17.2 Å². The van der Waals surface area contributed by atoms with Crippen molar-refractivity contribution in [3.05, 3.63) is 65.7 Å². The molecule has 3 aromatic rings. The molecule has 1 unspecified atom stereocenters. The van der Waals surface area contributed by atoms with E-state index in [9.17, 15) is 4.79 Å². The van der Waals surface area contributed by atoms with Crippen molar-refractivity contribution in [2.45, 2.75) is 6.04 Å². The van der Waals surface area contributed by atoms with Gasteiger partial charge in [0.1, 0.15) is 0 Å². The fraction of sp³-hybridized carbons (Fsp3) is 0.292. The fourth-order valence-corrected chi connectivity index (χ4v) is 3.62. The summed E-state index contributed by atoms with van der Waals surface area (Å²) < 4.78 is 16.0. The number of nitrogens with one attached hydrogen (secondary N) is 1. The van der Waals surface area contributed by atoms with Crippen molar-refractivity contribution in [2.24, 2.45) is 0 Å². The van der Waals surface area contributed by atoms with E-state index in [-0.39, 0.29) is 11.9 Å². The summed E-state index contributed by atoms with van der Waals surface area (Å²) in [5.41, 5.74) is 1.61. The third kappa shape index (κ3) is 4.33. The van der Waals surface area contributed by atoms with Gasteiger partial charge in [-0.05, 0) is 42.6 Å². The van der Waals surface area contributed by atoms with Crippen molar-refractivity contribution in [3.63, 3.8) is 0 Å². The number of hydrogen-bond acceptors (Lipinski definition) is 5. The highest BCUT2D eigenvalue weighted by Gasteiger charge is 2.20. The molecule has 1 amide bonds. The number of ether oxygens (including phenoxy) is 3. The first-order valence-corrected chi connectivity index (χ1v) is 9.72. The number of nitrogens with zero attached hydrogens (tertiary/aromatic N) is 1. The van der Waals surface area contributed by atoms with Gasteiger partial charge in [-0.3, -0.25) is 4.79 Å². The second kappa shape index (κ2) is 9.50.